The van der Waals surface area contributed by atoms with Crippen molar-refractivity contribution in [2.75, 3.05) is 13.2 Å². The number of amides is 1. The van der Waals surface area contributed by atoms with Crippen LogP contribution in [0.15, 0.2) is 0 Å². The summed E-state index contributed by atoms with van der Waals surface area (Å²) >= 11 is 0. The Bertz CT molecular complexity index is 234. The monoisotopic (exact) mass is 242 g/mol. The Morgan fingerprint density at radius 1 is 1.53 bits per heavy atom. The first-order valence-electron chi connectivity index (χ1n) is 6.72. The largest absolute Gasteiger partial charge is 0.378 e. The SMILES string of the molecule is CCC(C)(CN)NC(=O)CCC1CCCCO1. The summed E-state index contributed by atoms with van der Waals surface area (Å²) in [7, 11) is 0. The molecule has 0 radical (unpaired) electrons. The van der Waals surface area contributed by atoms with Crippen LogP contribution >= 0.6 is 0 Å². The molecule has 1 heterocycles. The van der Waals surface area contributed by atoms with Gasteiger partial charge < -0.3 is 15.8 Å². The molecule has 4 heteroatoms. The van der Waals surface area contributed by atoms with Crippen LogP contribution in [-0.2, 0) is 9.53 Å². The van der Waals surface area contributed by atoms with E-state index in [-0.39, 0.29) is 17.6 Å². The number of rotatable bonds is 6. The molecule has 0 aromatic carbocycles. The van der Waals surface area contributed by atoms with E-state index in [9.17, 15) is 4.79 Å². The molecule has 0 bridgehead atoms. The maximum atomic E-state index is 11.8. The maximum absolute atomic E-state index is 11.8. The molecule has 17 heavy (non-hydrogen) atoms. The highest BCUT2D eigenvalue weighted by molar-refractivity contribution is 5.76. The molecule has 1 aliphatic rings. The molecule has 1 saturated heterocycles. The molecule has 0 spiro atoms. The minimum Gasteiger partial charge on any atom is -0.378 e. The Hall–Kier alpha value is -0.610. The average Bonchev–Trinajstić information content (AvgIpc) is 2.37. The van der Waals surface area contributed by atoms with Crippen LogP contribution in [0.25, 0.3) is 0 Å². The average molecular weight is 242 g/mol. The van der Waals surface area contributed by atoms with Gasteiger partial charge in [0, 0.05) is 25.1 Å². The van der Waals surface area contributed by atoms with E-state index in [1.165, 1.54) is 6.42 Å². The third kappa shape index (κ3) is 5.04. The summed E-state index contributed by atoms with van der Waals surface area (Å²) < 4.78 is 5.61. The van der Waals surface area contributed by atoms with Gasteiger partial charge in [-0.15, -0.1) is 0 Å². The number of nitrogens with two attached hydrogens (primary N) is 1. The molecule has 1 aliphatic heterocycles. The van der Waals surface area contributed by atoms with E-state index in [0.29, 0.717) is 13.0 Å². The number of hydrogen-bond donors (Lipinski definition) is 2. The Kier molecular flexibility index (Phi) is 5.92. The zero-order valence-corrected chi connectivity index (χ0v) is 11.1. The van der Waals surface area contributed by atoms with Crippen LogP contribution < -0.4 is 11.1 Å². The fourth-order valence-electron chi connectivity index (χ4n) is 2.01. The van der Waals surface area contributed by atoms with Crippen molar-refractivity contribution in [3.63, 3.8) is 0 Å². The Labute approximate surface area is 104 Å². The first kappa shape index (κ1) is 14.5. The smallest absolute Gasteiger partial charge is 0.220 e. The van der Waals surface area contributed by atoms with Crippen molar-refractivity contribution in [3.8, 4) is 0 Å². The highest BCUT2D eigenvalue weighted by Crippen LogP contribution is 2.17. The molecule has 1 amide bonds. The van der Waals surface area contributed by atoms with Crippen LogP contribution in [0.2, 0.25) is 0 Å². The normalized spacial score (nSPS) is 24.1. The van der Waals surface area contributed by atoms with Gasteiger partial charge in [0.25, 0.3) is 0 Å². The first-order valence-corrected chi connectivity index (χ1v) is 6.72. The molecule has 1 rings (SSSR count). The summed E-state index contributed by atoms with van der Waals surface area (Å²) in [5.74, 6) is 0.0916. The summed E-state index contributed by atoms with van der Waals surface area (Å²) in [4.78, 5) is 11.8. The lowest BCUT2D eigenvalue weighted by Crippen LogP contribution is -2.51. The lowest BCUT2D eigenvalue weighted by atomic mass is 9.98. The fourth-order valence-corrected chi connectivity index (χ4v) is 2.01. The number of hydrogen-bond acceptors (Lipinski definition) is 3. The summed E-state index contributed by atoms with van der Waals surface area (Å²) in [5, 5.41) is 3.01. The van der Waals surface area contributed by atoms with E-state index in [4.69, 9.17) is 10.5 Å². The van der Waals surface area contributed by atoms with Crippen molar-refractivity contribution in [1.82, 2.24) is 5.32 Å². The quantitative estimate of drug-likeness (QED) is 0.743. The summed E-state index contributed by atoms with van der Waals surface area (Å²) in [5.41, 5.74) is 5.41. The van der Waals surface area contributed by atoms with Gasteiger partial charge in [-0.3, -0.25) is 4.79 Å². The zero-order chi connectivity index (χ0) is 12.7. The minimum atomic E-state index is -0.259. The Balaban J connectivity index is 2.24. The molecule has 100 valence electrons. The molecule has 2 unspecified atom stereocenters. The second-order valence-electron chi connectivity index (χ2n) is 5.19. The van der Waals surface area contributed by atoms with Gasteiger partial charge in [0.05, 0.1) is 6.10 Å². The van der Waals surface area contributed by atoms with E-state index < -0.39 is 0 Å². The van der Waals surface area contributed by atoms with Gasteiger partial charge in [0.1, 0.15) is 0 Å². The van der Waals surface area contributed by atoms with Crippen LogP contribution in [0.5, 0.6) is 0 Å². The van der Waals surface area contributed by atoms with Crippen molar-refractivity contribution in [2.24, 2.45) is 5.73 Å². The van der Waals surface area contributed by atoms with Crippen molar-refractivity contribution < 1.29 is 9.53 Å². The van der Waals surface area contributed by atoms with Crippen LogP contribution in [0.3, 0.4) is 0 Å². The molecule has 3 N–H and O–H groups in total. The van der Waals surface area contributed by atoms with Crippen molar-refractivity contribution in [3.05, 3.63) is 0 Å². The first-order chi connectivity index (χ1) is 8.09. The molecule has 0 aliphatic carbocycles. The second-order valence-corrected chi connectivity index (χ2v) is 5.19. The van der Waals surface area contributed by atoms with Crippen LogP contribution in [0, 0.1) is 0 Å². The second kappa shape index (κ2) is 6.97. The maximum Gasteiger partial charge on any atom is 0.220 e. The van der Waals surface area contributed by atoms with Crippen molar-refractivity contribution in [1.29, 1.82) is 0 Å². The molecular formula is C13H26N2O2. The summed E-state index contributed by atoms with van der Waals surface area (Å²) in [6.45, 7) is 5.36. The van der Waals surface area contributed by atoms with Crippen LogP contribution in [0.4, 0.5) is 0 Å². The van der Waals surface area contributed by atoms with E-state index in [2.05, 4.69) is 5.32 Å². The van der Waals surface area contributed by atoms with Gasteiger partial charge in [-0.2, -0.15) is 0 Å². The summed E-state index contributed by atoms with van der Waals surface area (Å²) in [6, 6.07) is 0. The fraction of sp³-hybridized carbons (Fsp3) is 0.923. The molecule has 2 atom stereocenters. The van der Waals surface area contributed by atoms with Gasteiger partial charge in [-0.1, -0.05) is 6.92 Å². The molecule has 1 fully saturated rings. The Morgan fingerprint density at radius 2 is 2.29 bits per heavy atom. The number of nitrogens with one attached hydrogen (secondary N) is 1. The van der Waals surface area contributed by atoms with E-state index in [1.54, 1.807) is 0 Å². The molecule has 0 aromatic heterocycles. The molecule has 4 nitrogen and oxygen atoms in total. The van der Waals surface area contributed by atoms with Crippen molar-refractivity contribution in [2.45, 2.75) is 64.0 Å². The van der Waals surface area contributed by atoms with E-state index in [1.807, 2.05) is 13.8 Å². The number of carbonyl (C=O) groups is 1. The number of carbonyl (C=O) groups excluding carboxylic acids is 1. The molecule has 0 saturated carbocycles. The van der Waals surface area contributed by atoms with Crippen molar-refractivity contribution >= 4 is 5.91 Å². The predicted molar refractivity (Wildman–Crippen MR) is 68.7 cm³/mol. The van der Waals surface area contributed by atoms with E-state index in [0.717, 1.165) is 32.3 Å². The third-order valence-electron chi connectivity index (χ3n) is 3.64. The van der Waals surface area contributed by atoms with Gasteiger partial charge >= 0.3 is 0 Å². The molecular weight excluding hydrogens is 216 g/mol. The number of ether oxygens (including phenoxy) is 1. The topological polar surface area (TPSA) is 64.3 Å². The van der Waals surface area contributed by atoms with Gasteiger partial charge in [0.2, 0.25) is 5.91 Å². The van der Waals surface area contributed by atoms with Gasteiger partial charge in [-0.05, 0) is 39.0 Å². The summed E-state index contributed by atoms with van der Waals surface area (Å²) in [6.07, 6.45) is 5.98. The highest BCUT2D eigenvalue weighted by atomic mass is 16.5. The molecule has 0 aromatic rings. The Morgan fingerprint density at radius 3 is 2.82 bits per heavy atom. The van der Waals surface area contributed by atoms with Gasteiger partial charge in [0.15, 0.2) is 0 Å². The highest BCUT2D eigenvalue weighted by Gasteiger charge is 2.23. The van der Waals surface area contributed by atoms with Crippen LogP contribution in [-0.4, -0.2) is 30.7 Å². The predicted octanol–water partition coefficient (Wildman–Crippen LogP) is 1.58. The third-order valence-corrected chi connectivity index (χ3v) is 3.64. The standard InChI is InChI=1S/C13H26N2O2/c1-3-13(2,10-14)15-12(16)8-7-11-6-4-5-9-17-11/h11H,3-10,14H2,1-2H3,(H,15,16). The lowest BCUT2D eigenvalue weighted by Gasteiger charge is -2.28. The zero-order valence-electron chi connectivity index (χ0n) is 11.1. The van der Waals surface area contributed by atoms with Gasteiger partial charge in [-0.25, -0.2) is 0 Å². The van der Waals surface area contributed by atoms with Crippen LogP contribution in [0.1, 0.15) is 52.4 Å². The van der Waals surface area contributed by atoms with E-state index >= 15 is 0 Å². The lowest BCUT2D eigenvalue weighted by molar-refractivity contribution is -0.123. The minimum absolute atomic E-state index is 0.0916.